The van der Waals surface area contributed by atoms with E-state index in [1.165, 1.54) is 31.4 Å². The van der Waals surface area contributed by atoms with Gasteiger partial charge in [-0.2, -0.15) is 5.10 Å². The molecule has 1 aromatic rings. The first kappa shape index (κ1) is 14.5. The van der Waals surface area contributed by atoms with Crippen LogP contribution < -0.4 is 5.32 Å². The van der Waals surface area contributed by atoms with Gasteiger partial charge < -0.3 is 10.1 Å². The Kier molecular flexibility index (Phi) is 5.40. The van der Waals surface area contributed by atoms with Crippen molar-refractivity contribution in [3.8, 4) is 0 Å². The van der Waals surface area contributed by atoms with Crippen LogP contribution in [0.1, 0.15) is 38.3 Å². The van der Waals surface area contributed by atoms with Crippen LogP contribution in [-0.2, 0) is 18.2 Å². The standard InChI is InChI=1S/C15H27N3O/c1-3-9-16-12-15(7-4-11-19-13-15)8-5-14-6-10-17-18(14)2/h6,10,16H,3-5,7-9,11-13H2,1-2H3. The van der Waals surface area contributed by atoms with E-state index in [-0.39, 0.29) is 0 Å². The van der Waals surface area contributed by atoms with Crippen molar-refractivity contribution < 1.29 is 4.74 Å². The minimum Gasteiger partial charge on any atom is -0.381 e. The van der Waals surface area contributed by atoms with Gasteiger partial charge in [-0.15, -0.1) is 0 Å². The monoisotopic (exact) mass is 265 g/mol. The van der Waals surface area contributed by atoms with Crippen LogP contribution in [0.15, 0.2) is 12.3 Å². The Morgan fingerprint density at radius 2 is 2.42 bits per heavy atom. The highest BCUT2D eigenvalue weighted by molar-refractivity contribution is 5.01. The first-order chi connectivity index (χ1) is 9.26. The minimum absolute atomic E-state index is 0.317. The van der Waals surface area contributed by atoms with Gasteiger partial charge in [-0.05, 0) is 44.7 Å². The number of nitrogens with zero attached hydrogens (tertiary/aromatic N) is 2. The summed E-state index contributed by atoms with van der Waals surface area (Å²) in [6, 6.07) is 2.12. The highest BCUT2D eigenvalue weighted by Gasteiger charge is 2.32. The number of ether oxygens (including phenoxy) is 1. The predicted molar refractivity (Wildman–Crippen MR) is 77.2 cm³/mol. The Morgan fingerprint density at radius 3 is 3.05 bits per heavy atom. The Labute approximate surface area is 116 Å². The number of hydrogen-bond acceptors (Lipinski definition) is 3. The van der Waals surface area contributed by atoms with Crippen LogP contribution in [0.25, 0.3) is 0 Å². The van der Waals surface area contributed by atoms with E-state index in [4.69, 9.17) is 4.74 Å². The zero-order valence-corrected chi connectivity index (χ0v) is 12.3. The summed E-state index contributed by atoms with van der Waals surface area (Å²) in [4.78, 5) is 0. The summed E-state index contributed by atoms with van der Waals surface area (Å²) in [7, 11) is 2.02. The highest BCUT2D eigenvalue weighted by atomic mass is 16.5. The summed E-state index contributed by atoms with van der Waals surface area (Å²) in [5.74, 6) is 0. The van der Waals surface area contributed by atoms with Gasteiger partial charge in [-0.25, -0.2) is 0 Å². The maximum atomic E-state index is 5.75. The Bertz CT molecular complexity index is 369. The molecule has 19 heavy (non-hydrogen) atoms. The minimum atomic E-state index is 0.317. The lowest BCUT2D eigenvalue weighted by Gasteiger charge is -2.37. The molecule has 0 aromatic carbocycles. The fraction of sp³-hybridized carbons (Fsp3) is 0.800. The molecule has 4 nitrogen and oxygen atoms in total. The lowest BCUT2D eigenvalue weighted by Crippen LogP contribution is -2.41. The number of aryl methyl sites for hydroxylation is 2. The Balaban J connectivity index is 1.91. The van der Waals surface area contributed by atoms with Gasteiger partial charge in [-0.3, -0.25) is 4.68 Å². The zero-order valence-electron chi connectivity index (χ0n) is 12.3. The molecule has 1 aromatic heterocycles. The average Bonchev–Trinajstić information content (AvgIpc) is 2.84. The van der Waals surface area contributed by atoms with Crippen molar-refractivity contribution in [2.45, 2.75) is 39.0 Å². The SMILES string of the molecule is CCCNCC1(CCc2ccnn2C)CCCOC1. The predicted octanol–water partition coefficient (Wildman–Crippen LogP) is 2.15. The van der Waals surface area contributed by atoms with Gasteiger partial charge in [0.1, 0.15) is 0 Å². The lowest BCUT2D eigenvalue weighted by molar-refractivity contribution is -0.0119. The van der Waals surface area contributed by atoms with Crippen molar-refractivity contribution in [3.05, 3.63) is 18.0 Å². The van der Waals surface area contributed by atoms with Crippen molar-refractivity contribution in [1.29, 1.82) is 0 Å². The van der Waals surface area contributed by atoms with Gasteiger partial charge >= 0.3 is 0 Å². The maximum Gasteiger partial charge on any atom is 0.0534 e. The molecule has 1 aliphatic rings. The fourth-order valence-electron chi connectivity index (χ4n) is 2.91. The normalized spacial score (nSPS) is 23.7. The number of hydrogen-bond donors (Lipinski definition) is 1. The molecule has 1 atom stereocenters. The van der Waals surface area contributed by atoms with Gasteiger partial charge in [0.2, 0.25) is 0 Å². The topological polar surface area (TPSA) is 39.1 Å². The van der Waals surface area contributed by atoms with Crippen molar-refractivity contribution in [1.82, 2.24) is 15.1 Å². The quantitative estimate of drug-likeness (QED) is 0.768. The molecule has 2 heterocycles. The Morgan fingerprint density at radius 1 is 1.53 bits per heavy atom. The van der Waals surface area contributed by atoms with Crippen LogP contribution >= 0.6 is 0 Å². The second-order valence-corrected chi connectivity index (χ2v) is 5.78. The largest absolute Gasteiger partial charge is 0.381 e. The third-order valence-corrected chi connectivity index (χ3v) is 4.16. The molecule has 1 fully saturated rings. The molecule has 0 aliphatic carbocycles. The smallest absolute Gasteiger partial charge is 0.0534 e. The third-order valence-electron chi connectivity index (χ3n) is 4.16. The molecule has 1 aliphatic heterocycles. The van der Waals surface area contributed by atoms with Crippen LogP contribution in [0, 0.1) is 5.41 Å². The van der Waals surface area contributed by atoms with E-state index in [0.717, 1.165) is 32.7 Å². The van der Waals surface area contributed by atoms with Crippen LogP contribution in [0.2, 0.25) is 0 Å². The summed E-state index contributed by atoms with van der Waals surface area (Å²) < 4.78 is 7.74. The highest BCUT2D eigenvalue weighted by Crippen LogP contribution is 2.33. The number of nitrogens with one attached hydrogen (secondary N) is 1. The second-order valence-electron chi connectivity index (χ2n) is 5.78. The van der Waals surface area contributed by atoms with Crippen molar-refractivity contribution in [2.24, 2.45) is 12.5 Å². The van der Waals surface area contributed by atoms with E-state index in [1.54, 1.807) is 0 Å². The molecule has 4 heteroatoms. The molecule has 0 radical (unpaired) electrons. The molecule has 0 amide bonds. The van der Waals surface area contributed by atoms with Crippen LogP contribution in [0.5, 0.6) is 0 Å². The van der Waals surface area contributed by atoms with Gasteiger partial charge in [0.25, 0.3) is 0 Å². The number of aromatic nitrogens is 2. The van der Waals surface area contributed by atoms with Crippen LogP contribution in [-0.4, -0.2) is 36.1 Å². The van der Waals surface area contributed by atoms with Gasteiger partial charge in [0.15, 0.2) is 0 Å². The molecule has 1 saturated heterocycles. The molecular weight excluding hydrogens is 238 g/mol. The van der Waals surface area contributed by atoms with Crippen molar-refractivity contribution in [3.63, 3.8) is 0 Å². The second kappa shape index (κ2) is 7.06. The number of rotatable bonds is 7. The van der Waals surface area contributed by atoms with Gasteiger partial charge in [-0.1, -0.05) is 6.92 Å². The summed E-state index contributed by atoms with van der Waals surface area (Å²) in [5, 5.41) is 7.84. The first-order valence-electron chi connectivity index (χ1n) is 7.51. The third kappa shape index (κ3) is 4.05. The average molecular weight is 265 g/mol. The van der Waals surface area contributed by atoms with E-state index >= 15 is 0 Å². The molecule has 1 N–H and O–H groups in total. The molecule has 1 unspecified atom stereocenters. The molecule has 2 rings (SSSR count). The summed E-state index contributed by atoms with van der Waals surface area (Å²) in [6.45, 7) is 6.24. The Hall–Kier alpha value is -0.870. The summed E-state index contributed by atoms with van der Waals surface area (Å²) in [5.41, 5.74) is 1.64. The zero-order chi connectivity index (χ0) is 13.6. The fourth-order valence-corrected chi connectivity index (χ4v) is 2.91. The lowest BCUT2D eigenvalue weighted by atomic mass is 9.78. The van der Waals surface area contributed by atoms with Crippen LogP contribution in [0.4, 0.5) is 0 Å². The van der Waals surface area contributed by atoms with E-state index < -0.39 is 0 Å². The maximum absolute atomic E-state index is 5.75. The van der Waals surface area contributed by atoms with E-state index in [9.17, 15) is 0 Å². The van der Waals surface area contributed by atoms with Crippen molar-refractivity contribution >= 4 is 0 Å². The molecule has 0 bridgehead atoms. The molecular formula is C15H27N3O. The molecule has 0 saturated carbocycles. The van der Waals surface area contributed by atoms with E-state index in [0.29, 0.717) is 5.41 Å². The molecule has 108 valence electrons. The van der Waals surface area contributed by atoms with E-state index in [1.807, 2.05) is 17.9 Å². The van der Waals surface area contributed by atoms with E-state index in [2.05, 4.69) is 23.4 Å². The van der Waals surface area contributed by atoms with Crippen LogP contribution in [0.3, 0.4) is 0 Å². The van der Waals surface area contributed by atoms with Crippen molar-refractivity contribution in [2.75, 3.05) is 26.3 Å². The first-order valence-corrected chi connectivity index (χ1v) is 7.51. The molecule has 0 spiro atoms. The summed E-state index contributed by atoms with van der Waals surface area (Å²) in [6.07, 6.45) is 7.82. The van der Waals surface area contributed by atoms with Gasteiger partial charge in [0, 0.05) is 37.5 Å². The summed E-state index contributed by atoms with van der Waals surface area (Å²) >= 11 is 0. The van der Waals surface area contributed by atoms with Gasteiger partial charge in [0.05, 0.1) is 6.61 Å².